The molecule has 0 aliphatic heterocycles. The molecular formula is C12H17F2N3O2. The maximum atomic E-state index is 13.5. The molecule has 0 heterocycles. The van der Waals surface area contributed by atoms with E-state index in [1.165, 1.54) is 0 Å². The highest BCUT2D eigenvalue weighted by Crippen LogP contribution is 2.28. The lowest BCUT2D eigenvalue weighted by atomic mass is 10.2. The minimum Gasteiger partial charge on any atom is -0.376 e. The second-order valence-electron chi connectivity index (χ2n) is 4.51. The van der Waals surface area contributed by atoms with Crippen LogP contribution >= 0.6 is 0 Å². The van der Waals surface area contributed by atoms with Gasteiger partial charge in [-0.2, -0.15) is 0 Å². The first kappa shape index (κ1) is 15.3. The number of nitro groups is 1. The minimum absolute atomic E-state index is 0.288. The van der Waals surface area contributed by atoms with Gasteiger partial charge in [-0.15, -0.1) is 0 Å². The number of rotatable bonds is 6. The Morgan fingerprint density at radius 3 is 2.58 bits per heavy atom. The molecule has 0 saturated heterocycles. The molecule has 1 aromatic carbocycles. The smallest absolute Gasteiger partial charge is 0.295 e. The first-order chi connectivity index (χ1) is 8.84. The summed E-state index contributed by atoms with van der Waals surface area (Å²) in [5.74, 6) is -2.33. The van der Waals surface area contributed by atoms with Crippen molar-refractivity contribution in [3.63, 3.8) is 0 Å². The standard InChI is InChI=1S/C12H17F2N3O2/c1-8(2)16(3)7-6-15-12-10(17(18)19)5-4-9(13)11(12)14/h4-5,8,15H,6-7H2,1-3H3. The van der Waals surface area contributed by atoms with E-state index in [0.717, 1.165) is 12.1 Å². The summed E-state index contributed by atoms with van der Waals surface area (Å²) in [6, 6.07) is 2.00. The Bertz CT molecular complexity index is 467. The van der Waals surface area contributed by atoms with Crippen LogP contribution < -0.4 is 5.32 Å². The van der Waals surface area contributed by atoms with Crippen molar-refractivity contribution < 1.29 is 13.7 Å². The van der Waals surface area contributed by atoms with Gasteiger partial charge in [-0.05, 0) is 27.0 Å². The van der Waals surface area contributed by atoms with E-state index in [-0.39, 0.29) is 6.54 Å². The van der Waals surface area contributed by atoms with Crippen molar-refractivity contribution >= 4 is 11.4 Å². The second kappa shape index (κ2) is 6.42. The fourth-order valence-electron chi connectivity index (χ4n) is 1.48. The number of hydrogen-bond donors (Lipinski definition) is 1. The summed E-state index contributed by atoms with van der Waals surface area (Å²) in [6.07, 6.45) is 0. The third-order valence-corrected chi connectivity index (χ3v) is 2.92. The van der Waals surface area contributed by atoms with Gasteiger partial charge >= 0.3 is 0 Å². The van der Waals surface area contributed by atoms with Crippen molar-refractivity contribution in [2.24, 2.45) is 0 Å². The Morgan fingerprint density at radius 1 is 1.42 bits per heavy atom. The lowest BCUT2D eigenvalue weighted by Crippen LogP contribution is -2.31. The molecule has 5 nitrogen and oxygen atoms in total. The summed E-state index contributed by atoms with van der Waals surface area (Å²) in [5.41, 5.74) is -0.867. The fourth-order valence-corrected chi connectivity index (χ4v) is 1.48. The van der Waals surface area contributed by atoms with E-state index < -0.39 is 27.9 Å². The van der Waals surface area contributed by atoms with E-state index in [1.54, 1.807) is 0 Å². The molecule has 0 aliphatic carbocycles. The predicted molar refractivity (Wildman–Crippen MR) is 69.3 cm³/mol. The summed E-state index contributed by atoms with van der Waals surface area (Å²) in [7, 11) is 1.88. The zero-order valence-corrected chi connectivity index (χ0v) is 11.1. The summed E-state index contributed by atoms with van der Waals surface area (Å²) in [4.78, 5) is 12.0. The number of nitrogens with one attached hydrogen (secondary N) is 1. The number of nitrogens with zero attached hydrogens (tertiary/aromatic N) is 2. The van der Waals surface area contributed by atoms with Crippen molar-refractivity contribution in [3.05, 3.63) is 33.9 Å². The van der Waals surface area contributed by atoms with Gasteiger partial charge < -0.3 is 10.2 Å². The molecule has 0 spiro atoms. The average Bonchev–Trinajstić information content (AvgIpc) is 2.33. The van der Waals surface area contributed by atoms with Crippen LogP contribution in [0.15, 0.2) is 12.1 Å². The van der Waals surface area contributed by atoms with Crippen molar-refractivity contribution in [2.75, 3.05) is 25.5 Å². The molecule has 0 bridgehead atoms. The van der Waals surface area contributed by atoms with Gasteiger partial charge in [0.1, 0.15) is 0 Å². The van der Waals surface area contributed by atoms with Crippen LogP contribution in [0.4, 0.5) is 20.2 Å². The molecule has 1 N–H and O–H groups in total. The molecule has 0 aliphatic rings. The number of nitro benzene ring substituents is 1. The van der Waals surface area contributed by atoms with E-state index in [9.17, 15) is 18.9 Å². The Labute approximate surface area is 110 Å². The van der Waals surface area contributed by atoms with Gasteiger partial charge in [-0.3, -0.25) is 10.1 Å². The molecule has 0 amide bonds. The van der Waals surface area contributed by atoms with Gasteiger partial charge in [-0.25, -0.2) is 8.78 Å². The number of halogens is 2. The maximum absolute atomic E-state index is 13.5. The van der Waals surface area contributed by atoms with Crippen LogP contribution in [-0.2, 0) is 0 Å². The molecule has 0 saturated carbocycles. The van der Waals surface area contributed by atoms with Gasteiger partial charge in [0.05, 0.1) is 4.92 Å². The molecule has 1 aromatic rings. The van der Waals surface area contributed by atoms with Crippen LogP contribution in [0, 0.1) is 21.7 Å². The molecule has 7 heteroatoms. The maximum Gasteiger partial charge on any atom is 0.295 e. The van der Waals surface area contributed by atoms with E-state index in [1.807, 2.05) is 25.8 Å². The highest BCUT2D eigenvalue weighted by molar-refractivity contribution is 5.62. The van der Waals surface area contributed by atoms with Gasteiger partial charge in [0.2, 0.25) is 0 Å². The monoisotopic (exact) mass is 273 g/mol. The topological polar surface area (TPSA) is 58.4 Å². The van der Waals surface area contributed by atoms with Crippen molar-refractivity contribution in [1.82, 2.24) is 4.90 Å². The average molecular weight is 273 g/mol. The Hall–Kier alpha value is -1.76. The molecule has 0 radical (unpaired) electrons. The molecule has 0 atom stereocenters. The Morgan fingerprint density at radius 2 is 2.05 bits per heavy atom. The zero-order chi connectivity index (χ0) is 14.6. The summed E-state index contributed by atoms with van der Waals surface area (Å²) >= 11 is 0. The molecule has 19 heavy (non-hydrogen) atoms. The molecule has 0 fully saturated rings. The highest BCUT2D eigenvalue weighted by atomic mass is 19.2. The molecule has 0 unspecified atom stereocenters. The predicted octanol–water partition coefficient (Wildman–Crippen LogP) is 2.63. The summed E-state index contributed by atoms with van der Waals surface area (Å²) in [5, 5.41) is 13.3. The van der Waals surface area contributed by atoms with Crippen molar-refractivity contribution in [1.29, 1.82) is 0 Å². The molecule has 1 rings (SSSR count). The largest absolute Gasteiger partial charge is 0.376 e. The third kappa shape index (κ3) is 3.85. The quantitative estimate of drug-likeness (QED) is 0.639. The number of likely N-dealkylation sites (N-methyl/N-ethyl adjacent to an activating group) is 1. The fraction of sp³-hybridized carbons (Fsp3) is 0.500. The summed E-state index contributed by atoms with van der Waals surface area (Å²) in [6.45, 7) is 4.83. The molecule has 106 valence electrons. The second-order valence-corrected chi connectivity index (χ2v) is 4.51. The normalized spacial score (nSPS) is 11.1. The van der Waals surface area contributed by atoms with Gasteiger partial charge in [-0.1, -0.05) is 0 Å². The van der Waals surface area contributed by atoms with Gasteiger partial charge in [0.25, 0.3) is 5.69 Å². The van der Waals surface area contributed by atoms with Crippen LogP contribution in [-0.4, -0.2) is 36.0 Å². The van der Waals surface area contributed by atoms with Crippen LogP contribution in [0.2, 0.25) is 0 Å². The first-order valence-electron chi connectivity index (χ1n) is 5.91. The number of hydrogen-bond acceptors (Lipinski definition) is 4. The zero-order valence-electron chi connectivity index (χ0n) is 11.1. The molecule has 0 aromatic heterocycles. The van der Waals surface area contributed by atoms with E-state index in [0.29, 0.717) is 12.6 Å². The van der Waals surface area contributed by atoms with Gasteiger partial charge in [0, 0.05) is 25.2 Å². The lowest BCUT2D eigenvalue weighted by molar-refractivity contribution is -0.384. The molecular weight excluding hydrogens is 256 g/mol. The van der Waals surface area contributed by atoms with Gasteiger partial charge in [0.15, 0.2) is 17.3 Å². The van der Waals surface area contributed by atoms with Crippen LogP contribution in [0.1, 0.15) is 13.8 Å². The number of benzene rings is 1. The SMILES string of the molecule is CC(C)N(C)CCNc1c([N+](=O)[O-])ccc(F)c1F. The van der Waals surface area contributed by atoms with Crippen LogP contribution in [0.3, 0.4) is 0 Å². The third-order valence-electron chi connectivity index (χ3n) is 2.92. The van der Waals surface area contributed by atoms with Crippen LogP contribution in [0.25, 0.3) is 0 Å². The number of anilines is 1. The van der Waals surface area contributed by atoms with E-state index in [2.05, 4.69) is 5.32 Å². The first-order valence-corrected chi connectivity index (χ1v) is 5.91. The Balaban J connectivity index is 2.82. The lowest BCUT2D eigenvalue weighted by Gasteiger charge is -2.21. The highest BCUT2D eigenvalue weighted by Gasteiger charge is 2.21. The Kier molecular flexibility index (Phi) is 5.17. The van der Waals surface area contributed by atoms with Crippen molar-refractivity contribution in [3.8, 4) is 0 Å². The van der Waals surface area contributed by atoms with Crippen molar-refractivity contribution in [2.45, 2.75) is 19.9 Å². The van der Waals surface area contributed by atoms with Crippen LogP contribution in [0.5, 0.6) is 0 Å². The minimum atomic E-state index is -1.22. The van der Waals surface area contributed by atoms with E-state index >= 15 is 0 Å². The van der Waals surface area contributed by atoms with E-state index in [4.69, 9.17) is 0 Å². The summed E-state index contributed by atoms with van der Waals surface area (Å²) < 4.78 is 26.6.